The zero-order chi connectivity index (χ0) is 17.9. The summed E-state index contributed by atoms with van der Waals surface area (Å²) in [4.78, 5) is 32.5. The van der Waals surface area contributed by atoms with E-state index in [2.05, 4.69) is 24.8 Å². The summed E-state index contributed by atoms with van der Waals surface area (Å²) < 4.78 is 5.34. The number of aromatic amines is 1. The summed E-state index contributed by atoms with van der Waals surface area (Å²) in [7, 11) is 1.62. The third-order valence-electron chi connectivity index (χ3n) is 4.67. The number of amides is 1. The zero-order valence-electron chi connectivity index (χ0n) is 14.6. The van der Waals surface area contributed by atoms with Gasteiger partial charge < -0.3 is 19.5 Å². The van der Waals surface area contributed by atoms with E-state index >= 15 is 0 Å². The maximum atomic E-state index is 12.7. The molecule has 8 nitrogen and oxygen atoms in total. The third-order valence-corrected chi connectivity index (χ3v) is 4.67. The summed E-state index contributed by atoms with van der Waals surface area (Å²) in [5.74, 6) is 1.70. The third kappa shape index (κ3) is 3.05. The Labute approximate surface area is 150 Å². The molecule has 0 aliphatic carbocycles. The van der Waals surface area contributed by atoms with Crippen LogP contribution in [0.25, 0.3) is 11.2 Å². The van der Waals surface area contributed by atoms with Gasteiger partial charge in [-0.3, -0.25) is 4.79 Å². The number of ether oxygens (including phenoxy) is 1. The van der Waals surface area contributed by atoms with Crippen molar-refractivity contribution in [2.45, 2.75) is 6.42 Å². The molecule has 0 radical (unpaired) electrons. The van der Waals surface area contributed by atoms with Gasteiger partial charge in [-0.25, -0.2) is 15.0 Å². The molecule has 1 amide bonds. The summed E-state index contributed by atoms with van der Waals surface area (Å²) in [5.41, 5.74) is 2.41. The first kappa shape index (κ1) is 16.3. The van der Waals surface area contributed by atoms with Crippen LogP contribution >= 0.6 is 0 Å². The van der Waals surface area contributed by atoms with Gasteiger partial charge in [-0.15, -0.1) is 0 Å². The van der Waals surface area contributed by atoms with Crippen LogP contribution in [0.15, 0.2) is 36.9 Å². The molecule has 1 N–H and O–H groups in total. The van der Waals surface area contributed by atoms with Crippen LogP contribution in [-0.2, 0) is 11.2 Å². The Hall–Kier alpha value is -3.16. The first-order chi connectivity index (χ1) is 12.8. The average Bonchev–Trinajstić information content (AvgIpc) is 3.17. The van der Waals surface area contributed by atoms with Gasteiger partial charge in [0.25, 0.3) is 0 Å². The number of hydrogen-bond donors (Lipinski definition) is 1. The lowest BCUT2D eigenvalue weighted by Crippen LogP contribution is -2.49. The molecule has 4 rings (SSSR count). The predicted molar refractivity (Wildman–Crippen MR) is 97.2 cm³/mol. The summed E-state index contributed by atoms with van der Waals surface area (Å²) in [5, 5.41) is 0. The number of carbonyl (C=O) groups is 1. The smallest absolute Gasteiger partial charge is 0.227 e. The van der Waals surface area contributed by atoms with Crippen LogP contribution in [-0.4, -0.2) is 64.0 Å². The molecule has 1 fully saturated rings. The van der Waals surface area contributed by atoms with Crippen LogP contribution in [0.5, 0.6) is 5.75 Å². The maximum absolute atomic E-state index is 12.7. The fourth-order valence-corrected chi connectivity index (χ4v) is 3.28. The lowest BCUT2D eigenvalue weighted by Gasteiger charge is -2.35. The van der Waals surface area contributed by atoms with Crippen molar-refractivity contribution in [2.75, 3.05) is 38.2 Å². The van der Waals surface area contributed by atoms with E-state index in [1.807, 2.05) is 29.2 Å². The van der Waals surface area contributed by atoms with Gasteiger partial charge in [-0.05, 0) is 6.07 Å². The number of hydrogen-bond acceptors (Lipinski definition) is 6. The Kier molecular flexibility index (Phi) is 4.39. The summed E-state index contributed by atoms with van der Waals surface area (Å²) in [6.07, 6.45) is 3.50. The van der Waals surface area contributed by atoms with Gasteiger partial charge in [0.15, 0.2) is 11.5 Å². The second kappa shape index (κ2) is 6.99. The molecule has 1 aromatic carbocycles. The number of anilines is 1. The molecule has 1 aliphatic heterocycles. The molecule has 26 heavy (non-hydrogen) atoms. The SMILES string of the molecule is COc1ccccc1CC(=O)N1CCN(c2ncnc3nc[nH]c23)CC1. The van der Waals surface area contributed by atoms with Crippen LogP contribution in [0, 0.1) is 0 Å². The Morgan fingerprint density at radius 2 is 1.96 bits per heavy atom. The molecule has 0 atom stereocenters. The van der Waals surface area contributed by atoms with Crippen molar-refractivity contribution in [3.63, 3.8) is 0 Å². The highest BCUT2D eigenvalue weighted by Gasteiger charge is 2.24. The molecule has 0 saturated carbocycles. The van der Waals surface area contributed by atoms with Gasteiger partial charge in [-0.1, -0.05) is 18.2 Å². The molecule has 0 spiro atoms. The summed E-state index contributed by atoms with van der Waals surface area (Å²) in [6, 6.07) is 7.64. The molecule has 3 aromatic rings. The second-order valence-corrected chi connectivity index (χ2v) is 6.15. The highest BCUT2D eigenvalue weighted by Crippen LogP contribution is 2.22. The minimum Gasteiger partial charge on any atom is -0.496 e. The lowest BCUT2D eigenvalue weighted by molar-refractivity contribution is -0.130. The van der Waals surface area contributed by atoms with E-state index in [4.69, 9.17) is 4.74 Å². The molecule has 1 aliphatic rings. The number of nitrogens with zero attached hydrogens (tertiary/aromatic N) is 5. The van der Waals surface area contributed by atoms with Crippen LogP contribution in [0.2, 0.25) is 0 Å². The van der Waals surface area contributed by atoms with Gasteiger partial charge in [-0.2, -0.15) is 0 Å². The molecule has 3 heterocycles. The van der Waals surface area contributed by atoms with Gasteiger partial charge in [0.2, 0.25) is 5.91 Å². The van der Waals surface area contributed by atoms with E-state index in [0.29, 0.717) is 25.2 Å². The summed E-state index contributed by atoms with van der Waals surface area (Å²) in [6.45, 7) is 2.77. The molecule has 134 valence electrons. The van der Waals surface area contributed by atoms with Crippen molar-refractivity contribution in [3.8, 4) is 5.75 Å². The topological polar surface area (TPSA) is 87.2 Å². The first-order valence-corrected chi connectivity index (χ1v) is 8.55. The van der Waals surface area contributed by atoms with E-state index in [1.165, 1.54) is 6.33 Å². The monoisotopic (exact) mass is 352 g/mol. The van der Waals surface area contributed by atoms with Gasteiger partial charge in [0.1, 0.15) is 17.6 Å². The first-order valence-electron chi connectivity index (χ1n) is 8.55. The van der Waals surface area contributed by atoms with Crippen molar-refractivity contribution >= 4 is 22.9 Å². The van der Waals surface area contributed by atoms with Gasteiger partial charge >= 0.3 is 0 Å². The molecule has 0 unspecified atom stereocenters. The Bertz CT molecular complexity index is 917. The predicted octanol–water partition coefficient (Wildman–Crippen LogP) is 1.25. The number of methoxy groups -OCH3 is 1. The van der Waals surface area contributed by atoms with Gasteiger partial charge in [0.05, 0.1) is 19.9 Å². The maximum Gasteiger partial charge on any atom is 0.227 e. The van der Waals surface area contributed by atoms with Crippen LogP contribution in [0.3, 0.4) is 0 Å². The van der Waals surface area contributed by atoms with Crippen molar-refractivity contribution in [1.29, 1.82) is 0 Å². The number of nitrogens with one attached hydrogen (secondary N) is 1. The van der Waals surface area contributed by atoms with Crippen molar-refractivity contribution in [1.82, 2.24) is 24.8 Å². The Morgan fingerprint density at radius 3 is 2.77 bits per heavy atom. The number of piperazine rings is 1. The number of benzene rings is 1. The molecule has 1 saturated heterocycles. The standard InChI is InChI=1S/C18H20N6O2/c1-26-14-5-3-2-4-13(14)10-15(25)23-6-8-24(9-7-23)18-16-17(20-11-19-16)21-12-22-18/h2-5,11-12H,6-10H2,1H3,(H,19,20,21,22). The average molecular weight is 352 g/mol. The summed E-state index contributed by atoms with van der Waals surface area (Å²) >= 11 is 0. The van der Waals surface area contributed by atoms with Crippen LogP contribution < -0.4 is 9.64 Å². The number of aromatic nitrogens is 4. The Balaban J connectivity index is 1.42. The Morgan fingerprint density at radius 1 is 1.15 bits per heavy atom. The number of imidazole rings is 1. The van der Waals surface area contributed by atoms with Crippen molar-refractivity contribution < 1.29 is 9.53 Å². The molecule has 0 bridgehead atoms. The van der Waals surface area contributed by atoms with E-state index < -0.39 is 0 Å². The largest absolute Gasteiger partial charge is 0.496 e. The normalized spacial score (nSPS) is 14.7. The number of carbonyl (C=O) groups excluding carboxylic acids is 1. The lowest BCUT2D eigenvalue weighted by atomic mass is 10.1. The highest BCUT2D eigenvalue weighted by molar-refractivity contribution is 5.83. The zero-order valence-corrected chi connectivity index (χ0v) is 14.6. The molecular formula is C18H20N6O2. The minimum absolute atomic E-state index is 0.114. The van der Waals surface area contributed by atoms with Crippen molar-refractivity contribution in [2.24, 2.45) is 0 Å². The van der Waals surface area contributed by atoms with E-state index in [0.717, 1.165) is 35.7 Å². The minimum atomic E-state index is 0.114. The van der Waals surface area contributed by atoms with E-state index in [1.54, 1.807) is 13.4 Å². The van der Waals surface area contributed by atoms with E-state index in [-0.39, 0.29) is 5.91 Å². The van der Waals surface area contributed by atoms with Crippen LogP contribution in [0.1, 0.15) is 5.56 Å². The van der Waals surface area contributed by atoms with Gasteiger partial charge in [0, 0.05) is 31.7 Å². The second-order valence-electron chi connectivity index (χ2n) is 6.15. The number of fused-ring (bicyclic) bond motifs is 1. The quantitative estimate of drug-likeness (QED) is 0.760. The van der Waals surface area contributed by atoms with Crippen molar-refractivity contribution in [3.05, 3.63) is 42.5 Å². The highest BCUT2D eigenvalue weighted by atomic mass is 16.5. The number of para-hydroxylation sites is 1. The van der Waals surface area contributed by atoms with Crippen LogP contribution in [0.4, 0.5) is 5.82 Å². The number of rotatable bonds is 4. The molecular weight excluding hydrogens is 332 g/mol. The number of H-pyrrole nitrogens is 1. The van der Waals surface area contributed by atoms with E-state index in [9.17, 15) is 4.79 Å². The molecule has 8 heteroatoms. The fraction of sp³-hybridized carbons (Fsp3) is 0.333. The molecule has 2 aromatic heterocycles. The fourth-order valence-electron chi connectivity index (χ4n) is 3.28.